The van der Waals surface area contributed by atoms with E-state index < -0.39 is 30.0 Å². The fourth-order valence-electron chi connectivity index (χ4n) is 2.20. The van der Waals surface area contributed by atoms with Crippen molar-refractivity contribution in [3.05, 3.63) is 0 Å². The Bertz CT molecular complexity index is 374. The molecule has 8 nitrogen and oxygen atoms in total. The minimum absolute atomic E-state index is 0.159. The molecule has 114 valence electrons. The minimum atomic E-state index is -1.14. The van der Waals surface area contributed by atoms with Crippen molar-refractivity contribution in [2.75, 3.05) is 20.3 Å². The molecule has 1 rings (SSSR count). The average Bonchev–Trinajstić information content (AvgIpc) is 2.42. The molecule has 2 atom stereocenters. The second-order valence-corrected chi connectivity index (χ2v) is 4.73. The van der Waals surface area contributed by atoms with Gasteiger partial charge in [-0.05, 0) is 19.3 Å². The van der Waals surface area contributed by atoms with Crippen LogP contribution in [0.1, 0.15) is 25.7 Å². The molecule has 0 bridgehead atoms. The fourth-order valence-corrected chi connectivity index (χ4v) is 2.20. The summed E-state index contributed by atoms with van der Waals surface area (Å²) >= 11 is 0. The van der Waals surface area contributed by atoms with Crippen molar-refractivity contribution < 1.29 is 24.2 Å². The van der Waals surface area contributed by atoms with Crippen molar-refractivity contribution >= 4 is 17.9 Å². The summed E-state index contributed by atoms with van der Waals surface area (Å²) in [5, 5.41) is 11.4. The summed E-state index contributed by atoms with van der Waals surface area (Å²) in [7, 11) is 1.45. The molecule has 20 heavy (non-hydrogen) atoms. The number of likely N-dealkylation sites (tertiary alicyclic amines) is 1. The van der Waals surface area contributed by atoms with E-state index in [1.807, 2.05) is 0 Å². The third kappa shape index (κ3) is 4.37. The smallest absolute Gasteiger partial charge is 0.326 e. The van der Waals surface area contributed by atoms with Gasteiger partial charge in [-0.15, -0.1) is 0 Å². The second kappa shape index (κ2) is 7.68. The number of carbonyl (C=O) groups excluding carboxylic acids is 2. The number of urea groups is 1. The van der Waals surface area contributed by atoms with Crippen LogP contribution in [0.15, 0.2) is 0 Å². The second-order valence-electron chi connectivity index (χ2n) is 4.73. The van der Waals surface area contributed by atoms with Crippen molar-refractivity contribution in [2.45, 2.75) is 37.8 Å². The number of piperidine rings is 1. The summed E-state index contributed by atoms with van der Waals surface area (Å²) < 4.78 is 4.81. The lowest BCUT2D eigenvalue weighted by Crippen LogP contribution is -2.56. The first-order valence-electron chi connectivity index (χ1n) is 6.55. The number of ether oxygens (including phenoxy) is 1. The number of nitrogens with zero attached hydrogens (tertiary/aromatic N) is 1. The van der Waals surface area contributed by atoms with Gasteiger partial charge in [-0.1, -0.05) is 0 Å². The number of carbonyl (C=O) groups is 3. The standard InChI is InChI=1S/C12H21N3O5/c1-20-7-5-8(11(17)18)14-12(19)15-6-3-2-4-9(15)10(13)16/h8-9H,2-7H2,1H3,(H2,13,16)(H,14,19)(H,17,18). The lowest BCUT2D eigenvalue weighted by Gasteiger charge is -2.34. The van der Waals surface area contributed by atoms with Crippen LogP contribution < -0.4 is 11.1 Å². The van der Waals surface area contributed by atoms with E-state index in [-0.39, 0.29) is 13.0 Å². The molecule has 2 unspecified atom stereocenters. The number of hydrogen-bond donors (Lipinski definition) is 3. The van der Waals surface area contributed by atoms with Gasteiger partial charge in [0.1, 0.15) is 12.1 Å². The number of nitrogens with one attached hydrogen (secondary N) is 1. The summed E-state index contributed by atoms with van der Waals surface area (Å²) in [6.45, 7) is 0.618. The van der Waals surface area contributed by atoms with Crippen molar-refractivity contribution in [3.63, 3.8) is 0 Å². The lowest BCUT2D eigenvalue weighted by molar-refractivity contribution is -0.139. The molecule has 1 heterocycles. The van der Waals surface area contributed by atoms with Gasteiger partial charge in [0.25, 0.3) is 0 Å². The Morgan fingerprint density at radius 2 is 2.15 bits per heavy atom. The number of carboxylic acid groups (broad SMARTS) is 1. The van der Waals surface area contributed by atoms with E-state index in [0.29, 0.717) is 13.0 Å². The van der Waals surface area contributed by atoms with E-state index in [9.17, 15) is 14.4 Å². The monoisotopic (exact) mass is 287 g/mol. The average molecular weight is 287 g/mol. The van der Waals surface area contributed by atoms with Crippen LogP contribution in [0.4, 0.5) is 4.79 Å². The van der Waals surface area contributed by atoms with Crippen LogP contribution in [0.2, 0.25) is 0 Å². The Morgan fingerprint density at radius 1 is 1.45 bits per heavy atom. The van der Waals surface area contributed by atoms with E-state index in [1.54, 1.807) is 0 Å². The molecule has 4 N–H and O–H groups in total. The number of primary amides is 1. The quantitative estimate of drug-likeness (QED) is 0.609. The van der Waals surface area contributed by atoms with Crippen LogP contribution in [-0.2, 0) is 14.3 Å². The van der Waals surface area contributed by atoms with Gasteiger partial charge in [-0.3, -0.25) is 4.79 Å². The molecule has 0 aromatic carbocycles. The molecule has 0 aliphatic carbocycles. The van der Waals surface area contributed by atoms with E-state index in [1.165, 1.54) is 12.0 Å². The Hall–Kier alpha value is -1.83. The maximum absolute atomic E-state index is 12.1. The van der Waals surface area contributed by atoms with Gasteiger partial charge in [0.05, 0.1) is 0 Å². The van der Waals surface area contributed by atoms with E-state index >= 15 is 0 Å². The number of aliphatic carboxylic acids is 1. The lowest BCUT2D eigenvalue weighted by atomic mass is 10.0. The molecule has 1 aliphatic rings. The molecule has 1 saturated heterocycles. The number of carboxylic acids is 1. The van der Waals surface area contributed by atoms with Gasteiger partial charge < -0.3 is 25.8 Å². The zero-order valence-electron chi connectivity index (χ0n) is 11.5. The summed E-state index contributed by atoms with van der Waals surface area (Å²) in [5.74, 6) is -1.70. The zero-order valence-corrected chi connectivity index (χ0v) is 11.5. The first-order chi connectivity index (χ1) is 9.47. The van der Waals surface area contributed by atoms with E-state index in [4.69, 9.17) is 15.6 Å². The van der Waals surface area contributed by atoms with Crippen LogP contribution in [-0.4, -0.2) is 60.3 Å². The van der Waals surface area contributed by atoms with Gasteiger partial charge in [-0.25, -0.2) is 9.59 Å². The molecule has 0 aromatic rings. The van der Waals surface area contributed by atoms with Crippen molar-refractivity contribution in [1.82, 2.24) is 10.2 Å². The molecule has 1 fully saturated rings. The number of methoxy groups -OCH3 is 1. The SMILES string of the molecule is COCCC(NC(=O)N1CCCCC1C(N)=O)C(=O)O. The number of nitrogens with two attached hydrogens (primary N) is 1. The summed E-state index contributed by atoms with van der Waals surface area (Å²) in [4.78, 5) is 35.8. The van der Waals surface area contributed by atoms with Crippen molar-refractivity contribution in [2.24, 2.45) is 5.73 Å². The fraction of sp³-hybridized carbons (Fsp3) is 0.750. The van der Waals surface area contributed by atoms with Crippen LogP contribution in [0.25, 0.3) is 0 Å². The molecule has 0 spiro atoms. The number of amides is 3. The van der Waals surface area contributed by atoms with Crippen LogP contribution in [0, 0.1) is 0 Å². The Labute approximate surface area is 117 Å². The molecule has 0 saturated carbocycles. The highest BCUT2D eigenvalue weighted by Crippen LogP contribution is 2.17. The van der Waals surface area contributed by atoms with Crippen LogP contribution >= 0.6 is 0 Å². The highest BCUT2D eigenvalue weighted by Gasteiger charge is 2.32. The number of rotatable bonds is 6. The predicted molar refractivity (Wildman–Crippen MR) is 70.0 cm³/mol. The maximum atomic E-state index is 12.1. The molecular formula is C12H21N3O5. The van der Waals surface area contributed by atoms with Crippen LogP contribution in [0.3, 0.4) is 0 Å². The molecule has 0 radical (unpaired) electrons. The summed E-state index contributed by atoms with van der Waals surface area (Å²) in [6.07, 6.45) is 2.27. The van der Waals surface area contributed by atoms with Gasteiger partial charge in [0.2, 0.25) is 5.91 Å². The molecule has 3 amide bonds. The normalized spacial score (nSPS) is 20.2. The number of hydrogen-bond acceptors (Lipinski definition) is 4. The minimum Gasteiger partial charge on any atom is -0.480 e. The first-order valence-corrected chi connectivity index (χ1v) is 6.55. The zero-order chi connectivity index (χ0) is 15.1. The van der Waals surface area contributed by atoms with Crippen molar-refractivity contribution in [3.8, 4) is 0 Å². The predicted octanol–water partition coefficient (Wildman–Crippen LogP) is -0.474. The van der Waals surface area contributed by atoms with Gasteiger partial charge >= 0.3 is 12.0 Å². The first kappa shape index (κ1) is 16.2. The Balaban J connectivity index is 2.66. The molecular weight excluding hydrogens is 266 g/mol. The molecule has 1 aliphatic heterocycles. The maximum Gasteiger partial charge on any atom is 0.326 e. The van der Waals surface area contributed by atoms with E-state index in [0.717, 1.165) is 12.8 Å². The summed E-state index contributed by atoms with van der Waals surface area (Å²) in [6, 6.07) is -2.28. The van der Waals surface area contributed by atoms with Crippen LogP contribution in [0.5, 0.6) is 0 Å². The summed E-state index contributed by atoms with van der Waals surface area (Å²) in [5.41, 5.74) is 5.27. The highest BCUT2D eigenvalue weighted by molar-refractivity contribution is 5.88. The molecule has 0 aromatic heterocycles. The highest BCUT2D eigenvalue weighted by atomic mass is 16.5. The largest absolute Gasteiger partial charge is 0.480 e. The Kier molecular flexibility index (Phi) is 6.23. The van der Waals surface area contributed by atoms with Gasteiger partial charge in [0.15, 0.2) is 0 Å². The Morgan fingerprint density at radius 3 is 2.70 bits per heavy atom. The topological polar surface area (TPSA) is 122 Å². The molecule has 8 heteroatoms. The van der Waals surface area contributed by atoms with Gasteiger partial charge in [-0.2, -0.15) is 0 Å². The van der Waals surface area contributed by atoms with Gasteiger partial charge in [0, 0.05) is 26.7 Å². The van der Waals surface area contributed by atoms with E-state index in [2.05, 4.69) is 5.32 Å². The third-order valence-electron chi connectivity index (χ3n) is 3.30. The van der Waals surface area contributed by atoms with Crippen molar-refractivity contribution in [1.29, 1.82) is 0 Å². The third-order valence-corrected chi connectivity index (χ3v) is 3.30.